The van der Waals surface area contributed by atoms with Gasteiger partial charge in [0.2, 0.25) is 10.0 Å². The van der Waals surface area contributed by atoms with Crippen molar-refractivity contribution in [1.29, 1.82) is 0 Å². The molecule has 0 bridgehead atoms. The summed E-state index contributed by atoms with van der Waals surface area (Å²) in [5, 5.41) is 12.0. The topological polar surface area (TPSA) is 86.7 Å². The van der Waals surface area contributed by atoms with Crippen molar-refractivity contribution in [3.8, 4) is 0 Å². The first-order chi connectivity index (χ1) is 8.84. The lowest BCUT2D eigenvalue weighted by Crippen LogP contribution is -2.56. The van der Waals surface area contributed by atoms with E-state index in [9.17, 15) is 13.2 Å². The summed E-state index contributed by atoms with van der Waals surface area (Å²) in [6.45, 7) is 2.44. The van der Waals surface area contributed by atoms with Crippen molar-refractivity contribution in [3.05, 3.63) is 14.7 Å². The maximum absolute atomic E-state index is 12.6. The van der Waals surface area contributed by atoms with E-state index in [2.05, 4.69) is 21.2 Å². The maximum atomic E-state index is 12.6. The second-order valence-electron chi connectivity index (χ2n) is 4.14. The van der Waals surface area contributed by atoms with E-state index < -0.39 is 22.0 Å². The number of nitrogens with one attached hydrogen (secondary N) is 1. The molecule has 1 fully saturated rings. The summed E-state index contributed by atoms with van der Waals surface area (Å²) in [6.07, 6.45) is 0. The lowest BCUT2D eigenvalue weighted by molar-refractivity contribution is -0.141. The van der Waals surface area contributed by atoms with Gasteiger partial charge in [-0.05, 0) is 28.9 Å². The van der Waals surface area contributed by atoms with Crippen LogP contribution in [0.5, 0.6) is 0 Å². The van der Waals surface area contributed by atoms with Crippen molar-refractivity contribution in [2.24, 2.45) is 0 Å². The fraction of sp³-hybridized carbons (Fsp3) is 0.500. The van der Waals surface area contributed by atoms with Gasteiger partial charge < -0.3 is 10.4 Å². The summed E-state index contributed by atoms with van der Waals surface area (Å²) in [5.41, 5.74) is 0. The van der Waals surface area contributed by atoms with Gasteiger partial charge in [-0.15, -0.1) is 11.3 Å². The molecule has 0 saturated carbocycles. The zero-order valence-corrected chi connectivity index (χ0v) is 13.3. The van der Waals surface area contributed by atoms with Gasteiger partial charge in [0, 0.05) is 24.5 Å². The van der Waals surface area contributed by atoms with Gasteiger partial charge in [0.15, 0.2) is 0 Å². The van der Waals surface area contributed by atoms with Crippen LogP contribution in [0.15, 0.2) is 14.7 Å². The van der Waals surface area contributed by atoms with Crippen LogP contribution in [-0.2, 0) is 14.8 Å². The summed E-state index contributed by atoms with van der Waals surface area (Å²) < 4.78 is 26.9. The van der Waals surface area contributed by atoms with Crippen LogP contribution < -0.4 is 5.32 Å². The predicted molar refractivity (Wildman–Crippen MR) is 74.9 cm³/mol. The summed E-state index contributed by atoms with van der Waals surface area (Å²) in [5.74, 6) is -1.14. The Morgan fingerprint density at radius 3 is 2.84 bits per heavy atom. The number of rotatable bonds is 3. The van der Waals surface area contributed by atoms with Crippen molar-refractivity contribution in [3.63, 3.8) is 0 Å². The van der Waals surface area contributed by atoms with E-state index in [4.69, 9.17) is 5.11 Å². The average molecular weight is 369 g/mol. The Morgan fingerprint density at radius 2 is 2.32 bits per heavy atom. The molecule has 106 valence electrons. The van der Waals surface area contributed by atoms with Crippen LogP contribution in [0.2, 0.25) is 0 Å². The van der Waals surface area contributed by atoms with Crippen molar-refractivity contribution >= 4 is 43.3 Å². The molecular weight excluding hydrogens is 356 g/mol. The highest BCUT2D eigenvalue weighted by Gasteiger charge is 2.38. The third-order valence-corrected chi connectivity index (χ3v) is 6.63. The molecule has 0 radical (unpaired) electrons. The van der Waals surface area contributed by atoms with Gasteiger partial charge in [0.25, 0.3) is 0 Å². The van der Waals surface area contributed by atoms with Crippen LogP contribution in [0.3, 0.4) is 0 Å². The number of carboxylic acid groups (broad SMARTS) is 1. The second kappa shape index (κ2) is 5.49. The lowest BCUT2D eigenvalue weighted by atomic mass is 10.2. The minimum absolute atomic E-state index is 0.124. The van der Waals surface area contributed by atoms with Crippen LogP contribution in [0.1, 0.15) is 4.88 Å². The number of halogens is 1. The van der Waals surface area contributed by atoms with E-state index in [1.807, 2.05) is 0 Å². The van der Waals surface area contributed by atoms with E-state index in [0.29, 0.717) is 15.2 Å². The molecule has 0 aromatic carbocycles. The fourth-order valence-corrected chi connectivity index (χ4v) is 5.96. The van der Waals surface area contributed by atoms with Crippen LogP contribution in [-0.4, -0.2) is 49.5 Å². The van der Waals surface area contributed by atoms with Gasteiger partial charge in [0.1, 0.15) is 6.04 Å². The highest BCUT2D eigenvalue weighted by atomic mass is 79.9. The quantitative estimate of drug-likeness (QED) is 0.826. The molecule has 1 aromatic heterocycles. The highest BCUT2D eigenvalue weighted by molar-refractivity contribution is 9.11. The molecule has 2 N–H and O–H groups in total. The molecule has 2 rings (SSSR count). The smallest absolute Gasteiger partial charge is 0.323 e. The molecule has 1 aliphatic heterocycles. The standard InChI is InChI=1S/C10H13BrN2O4S2/c1-6-8(4-9(11)18-6)19(16,17)13-3-2-12-5-7(13)10(14)15/h4,7,12H,2-3,5H2,1H3,(H,14,15). The number of aliphatic carboxylic acids is 1. The molecular formula is C10H13BrN2O4S2. The number of carbonyl (C=O) groups is 1. The largest absolute Gasteiger partial charge is 0.480 e. The minimum atomic E-state index is -3.77. The predicted octanol–water partition coefficient (Wildman–Crippen LogP) is 0.866. The Hall–Kier alpha value is -0.480. The highest BCUT2D eigenvalue weighted by Crippen LogP contribution is 2.32. The third-order valence-electron chi connectivity index (χ3n) is 2.91. The number of piperazine rings is 1. The molecule has 1 aliphatic rings. The monoisotopic (exact) mass is 368 g/mol. The Balaban J connectivity index is 2.43. The van der Waals surface area contributed by atoms with Gasteiger partial charge in [-0.25, -0.2) is 8.42 Å². The van der Waals surface area contributed by atoms with Crippen molar-refractivity contribution in [2.45, 2.75) is 17.9 Å². The molecule has 2 heterocycles. The van der Waals surface area contributed by atoms with E-state index in [1.54, 1.807) is 6.92 Å². The first-order valence-corrected chi connectivity index (χ1v) is 8.60. The molecule has 6 nitrogen and oxygen atoms in total. The number of nitrogens with zero attached hydrogens (tertiary/aromatic N) is 1. The number of sulfonamides is 1. The maximum Gasteiger partial charge on any atom is 0.323 e. The Labute approximate surface area is 123 Å². The van der Waals surface area contributed by atoms with Crippen molar-refractivity contribution in [2.75, 3.05) is 19.6 Å². The van der Waals surface area contributed by atoms with Gasteiger partial charge in [-0.2, -0.15) is 4.31 Å². The Kier molecular flexibility index (Phi) is 4.31. The van der Waals surface area contributed by atoms with Gasteiger partial charge in [-0.3, -0.25) is 4.79 Å². The number of hydrogen-bond donors (Lipinski definition) is 2. The molecule has 0 aliphatic carbocycles. The van der Waals surface area contributed by atoms with Crippen LogP contribution in [0.25, 0.3) is 0 Å². The lowest BCUT2D eigenvalue weighted by Gasteiger charge is -2.32. The van der Waals surface area contributed by atoms with Crippen molar-refractivity contribution < 1.29 is 18.3 Å². The number of hydrogen-bond acceptors (Lipinski definition) is 5. The molecule has 19 heavy (non-hydrogen) atoms. The SMILES string of the molecule is Cc1sc(Br)cc1S(=O)(=O)N1CCNCC1C(=O)O. The Morgan fingerprint density at radius 1 is 1.63 bits per heavy atom. The summed E-state index contributed by atoms with van der Waals surface area (Å²) in [4.78, 5) is 12.0. The third kappa shape index (κ3) is 2.84. The normalized spacial score (nSPS) is 21.5. The van der Waals surface area contributed by atoms with Gasteiger partial charge >= 0.3 is 5.97 Å². The second-order valence-corrected chi connectivity index (χ2v) is 8.64. The van der Waals surface area contributed by atoms with E-state index in [1.165, 1.54) is 17.4 Å². The fourth-order valence-electron chi connectivity index (χ4n) is 2.00. The molecule has 1 aromatic rings. The number of carboxylic acids is 1. The average Bonchev–Trinajstić information content (AvgIpc) is 2.69. The molecule has 9 heteroatoms. The van der Waals surface area contributed by atoms with E-state index >= 15 is 0 Å². The van der Waals surface area contributed by atoms with Gasteiger partial charge in [0.05, 0.1) is 8.68 Å². The van der Waals surface area contributed by atoms with Crippen LogP contribution >= 0.6 is 27.3 Å². The molecule has 0 spiro atoms. The minimum Gasteiger partial charge on any atom is -0.480 e. The summed E-state index contributed by atoms with van der Waals surface area (Å²) >= 11 is 4.57. The Bertz CT molecular complexity index is 599. The van der Waals surface area contributed by atoms with Gasteiger partial charge in [-0.1, -0.05) is 0 Å². The number of thiophene rings is 1. The summed E-state index contributed by atoms with van der Waals surface area (Å²) in [6, 6.07) is 0.466. The van der Waals surface area contributed by atoms with Crippen LogP contribution in [0.4, 0.5) is 0 Å². The van der Waals surface area contributed by atoms with E-state index in [0.717, 1.165) is 4.31 Å². The molecule has 0 amide bonds. The van der Waals surface area contributed by atoms with Crippen molar-refractivity contribution in [1.82, 2.24) is 9.62 Å². The zero-order valence-electron chi connectivity index (χ0n) is 10.1. The first kappa shape index (κ1) is 14.9. The zero-order chi connectivity index (χ0) is 14.2. The molecule has 1 saturated heterocycles. The summed E-state index contributed by atoms with van der Waals surface area (Å²) in [7, 11) is -3.77. The molecule has 1 unspecified atom stereocenters. The van der Waals surface area contributed by atoms with E-state index in [-0.39, 0.29) is 18.0 Å². The van der Waals surface area contributed by atoms with Crippen LogP contribution in [0, 0.1) is 6.92 Å². The first-order valence-electron chi connectivity index (χ1n) is 5.55. The number of aryl methyl sites for hydroxylation is 1. The molecule has 1 atom stereocenters.